The molecule has 1 aromatic rings. The van der Waals surface area contributed by atoms with Crippen molar-refractivity contribution in [2.24, 2.45) is 0 Å². The van der Waals surface area contributed by atoms with E-state index < -0.39 is 5.97 Å². The number of hydrogen-bond donors (Lipinski definition) is 1. The van der Waals surface area contributed by atoms with Gasteiger partial charge in [-0.25, -0.2) is 9.67 Å². The van der Waals surface area contributed by atoms with Gasteiger partial charge in [0.15, 0.2) is 0 Å². The van der Waals surface area contributed by atoms with E-state index in [9.17, 15) is 9.59 Å². The molecule has 0 radical (unpaired) electrons. The minimum atomic E-state index is -0.833. The van der Waals surface area contributed by atoms with Gasteiger partial charge in [-0.2, -0.15) is 5.10 Å². The molecule has 0 aromatic carbocycles. The number of carbonyl (C=O) groups excluding carboxylic acids is 1. The highest BCUT2D eigenvalue weighted by atomic mass is 16.4. The molecule has 1 saturated heterocycles. The number of aliphatic carboxylic acids is 1. The van der Waals surface area contributed by atoms with Crippen LogP contribution in [-0.4, -0.2) is 74.3 Å². The third kappa shape index (κ3) is 3.53. The van der Waals surface area contributed by atoms with Crippen LogP contribution in [0.4, 0.5) is 0 Å². The Morgan fingerprint density at radius 3 is 2.75 bits per heavy atom. The fourth-order valence-electron chi connectivity index (χ4n) is 2.34. The molecule has 2 heterocycles. The molecule has 8 nitrogen and oxygen atoms in total. The maximum atomic E-state index is 12.4. The fraction of sp³-hybridized carbons (Fsp3) is 0.667. The van der Waals surface area contributed by atoms with Gasteiger partial charge in [-0.15, -0.1) is 0 Å². The first kappa shape index (κ1) is 14.4. The molecule has 0 spiro atoms. The van der Waals surface area contributed by atoms with Gasteiger partial charge in [0, 0.05) is 26.2 Å². The lowest BCUT2D eigenvalue weighted by Crippen LogP contribution is -2.39. The van der Waals surface area contributed by atoms with Crippen LogP contribution in [0.2, 0.25) is 0 Å². The molecule has 1 amide bonds. The summed E-state index contributed by atoms with van der Waals surface area (Å²) in [6.45, 7) is 4.30. The average Bonchev–Trinajstić information content (AvgIpc) is 2.85. The quantitative estimate of drug-likeness (QED) is 0.797. The number of amides is 1. The Kier molecular flexibility index (Phi) is 4.67. The molecule has 8 heteroatoms. The zero-order chi connectivity index (χ0) is 14.5. The second kappa shape index (κ2) is 6.47. The molecule has 0 saturated carbocycles. The van der Waals surface area contributed by atoms with Crippen molar-refractivity contribution in [3.63, 3.8) is 0 Å². The number of hydrogen-bond acceptors (Lipinski definition) is 5. The Labute approximate surface area is 117 Å². The summed E-state index contributed by atoms with van der Waals surface area (Å²) in [5.74, 6) is -0.839. The van der Waals surface area contributed by atoms with E-state index in [1.165, 1.54) is 17.3 Å². The van der Waals surface area contributed by atoms with E-state index in [-0.39, 0.29) is 18.5 Å². The summed E-state index contributed by atoms with van der Waals surface area (Å²) >= 11 is 0. The average molecular weight is 281 g/mol. The van der Waals surface area contributed by atoms with Crippen LogP contribution < -0.4 is 0 Å². The summed E-state index contributed by atoms with van der Waals surface area (Å²) in [5.41, 5.74) is 0. The van der Waals surface area contributed by atoms with Crippen LogP contribution in [0.3, 0.4) is 0 Å². The lowest BCUT2D eigenvalue weighted by molar-refractivity contribution is -0.138. The largest absolute Gasteiger partial charge is 0.480 e. The van der Waals surface area contributed by atoms with Gasteiger partial charge >= 0.3 is 5.97 Å². The molecule has 1 unspecified atom stereocenters. The summed E-state index contributed by atoms with van der Waals surface area (Å²) in [5, 5.41) is 12.8. The van der Waals surface area contributed by atoms with Gasteiger partial charge in [-0.1, -0.05) is 0 Å². The smallest absolute Gasteiger partial charge is 0.317 e. The third-order valence-corrected chi connectivity index (χ3v) is 3.45. The number of rotatable bonds is 4. The molecule has 1 atom stereocenters. The first-order valence-corrected chi connectivity index (χ1v) is 6.65. The van der Waals surface area contributed by atoms with E-state index in [0.717, 1.165) is 6.42 Å². The summed E-state index contributed by atoms with van der Waals surface area (Å²) in [7, 11) is 0. The topological polar surface area (TPSA) is 91.6 Å². The molecule has 0 bridgehead atoms. The summed E-state index contributed by atoms with van der Waals surface area (Å²) in [4.78, 5) is 30.6. The maximum Gasteiger partial charge on any atom is 0.317 e. The molecular weight excluding hydrogens is 262 g/mol. The molecule has 1 fully saturated rings. The molecule has 0 aliphatic carbocycles. The van der Waals surface area contributed by atoms with Gasteiger partial charge in [0.05, 0.1) is 6.54 Å². The number of aromatic nitrogens is 3. The number of carboxylic acids is 1. The van der Waals surface area contributed by atoms with Crippen LogP contribution >= 0.6 is 0 Å². The number of carbonyl (C=O) groups is 2. The Balaban J connectivity index is 1.93. The Bertz CT molecular complexity index is 462. The molecular formula is C12H19N5O3. The minimum absolute atomic E-state index is 0.00678. The normalized spacial score (nSPS) is 18.6. The second-order valence-corrected chi connectivity index (χ2v) is 4.90. The third-order valence-electron chi connectivity index (χ3n) is 3.45. The van der Waals surface area contributed by atoms with Gasteiger partial charge in [-0.05, 0) is 13.3 Å². The second-order valence-electron chi connectivity index (χ2n) is 4.90. The van der Waals surface area contributed by atoms with E-state index in [4.69, 9.17) is 5.11 Å². The summed E-state index contributed by atoms with van der Waals surface area (Å²) < 4.78 is 1.53. The van der Waals surface area contributed by atoms with Crippen molar-refractivity contribution in [2.45, 2.75) is 19.4 Å². The van der Waals surface area contributed by atoms with Crippen molar-refractivity contribution < 1.29 is 14.7 Å². The number of nitrogens with zero attached hydrogens (tertiary/aromatic N) is 5. The van der Waals surface area contributed by atoms with Gasteiger partial charge in [-0.3, -0.25) is 14.5 Å². The summed E-state index contributed by atoms with van der Waals surface area (Å²) in [6, 6.07) is -0.386. The zero-order valence-electron chi connectivity index (χ0n) is 11.5. The van der Waals surface area contributed by atoms with Gasteiger partial charge in [0.25, 0.3) is 0 Å². The molecule has 110 valence electrons. The van der Waals surface area contributed by atoms with E-state index in [2.05, 4.69) is 10.1 Å². The first-order chi connectivity index (χ1) is 9.58. The van der Waals surface area contributed by atoms with E-state index in [1.807, 2.05) is 4.90 Å². The highest BCUT2D eigenvalue weighted by Crippen LogP contribution is 2.11. The van der Waals surface area contributed by atoms with E-state index in [0.29, 0.717) is 26.2 Å². The van der Waals surface area contributed by atoms with Crippen molar-refractivity contribution in [1.29, 1.82) is 0 Å². The Morgan fingerprint density at radius 1 is 1.30 bits per heavy atom. The monoisotopic (exact) mass is 281 g/mol. The SMILES string of the molecule is CC(C(=O)N1CCCN(CC(=O)O)CC1)n1cncn1. The van der Waals surface area contributed by atoms with Crippen molar-refractivity contribution in [3.8, 4) is 0 Å². The van der Waals surface area contributed by atoms with Crippen molar-refractivity contribution in [1.82, 2.24) is 24.6 Å². The van der Waals surface area contributed by atoms with Crippen molar-refractivity contribution >= 4 is 11.9 Å². The first-order valence-electron chi connectivity index (χ1n) is 6.65. The van der Waals surface area contributed by atoms with Crippen LogP contribution in [0.5, 0.6) is 0 Å². The summed E-state index contributed by atoms with van der Waals surface area (Å²) in [6.07, 6.45) is 3.71. The van der Waals surface area contributed by atoms with Gasteiger partial charge in [0.1, 0.15) is 18.7 Å². The lowest BCUT2D eigenvalue weighted by Gasteiger charge is -2.24. The van der Waals surface area contributed by atoms with Gasteiger partial charge in [0.2, 0.25) is 5.91 Å². The van der Waals surface area contributed by atoms with Crippen molar-refractivity contribution in [3.05, 3.63) is 12.7 Å². The Morgan fingerprint density at radius 2 is 2.10 bits per heavy atom. The van der Waals surface area contributed by atoms with Crippen LogP contribution in [-0.2, 0) is 9.59 Å². The fourth-order valence-corrected chi connectivity index (χ4v) is 2.34. The highest BCUT2D eigenvalue weighted by Gasteiger charge is 2.25. The maximum absolute atomic E-state index is 12.4. The van der Waals surface area contributed by atoms with Crippen LogP contribution in [0, 0.1) is 0 Å². The standard InChI is InChI=1S/C12H19N5O3/c1-10(17-9-13-8-14-17)12(20)16-4-2-3-15(5-6-16)7-11(18)19/h8-10H,2-7H2,1H3,(H,18,19). The van der Waals surface area contributed by atoms with Crippen LogP contribution in [0.15, 0.2) is 12.7 Å². The predicted octanol–water partition coefficient (Wildman–Crippen LogP) is -0.542. The van der Waals surface area contributed by atoms with Crippen molar-refractivity contribution in [2.75, 3.05) is 32.7 Å². The van der Waals surface area contributed by atoms with E-state index in [1.54, 1.807) is 11.8 Å². The highest BCUT2D eigenvalue weighted by molar-refractivity contribution is 5.80. The van der Waals surface area contributed by atoms with Crippen LogP contribution in [0.25, 0.3) is 0 Å². The van der Waals surface area contributed by atoms with Crippen LogP contribution in [0.1, 0.15) is 19.4 Å². The molecule has 2 rings (SSSR count). The van der Waals surface area contributed by atoms with E-state index >= 15 is 0 Å². The predicted molar refractivity (Wildman–Crippen MR) is 70.0 cm³/mol. The van der Waals surface area contributed by atoms with Gasteiger partial charge < -0.3 is 10.0 Å². The minimum Gasteiger partial charge on any atom is -0.480 e. The Hall–Kier alpha value is -1.96. The molecule has 20 heavy (non-hydrogen) atoms. The lowest BCUT2D eigenvalue weighted by atomic mass is 10.2. The number of carboxylic acid groups (broad SMARTS) is 1. The zero-order valence-corrected chi connectivity index (χ0v) is 11.5. The molecule has 1 aromatic heterocycles. The molecule has 1 aliphatic heterocycles. The molecule has 1 N–H and O–H groups in total. The molecule has 1 aliphatic rings.